The van der Waals surface area contributed by atoms with Crippen molar-refractivity contribution in [1.82, 2.24) is 10.3 Å². The van der Waals surface area contributed by atoms with Crippen LogP contribution < -0.4 is 10.9 Å². The molecule has 1 aromatic heterocycles. The van der Waals surface area contributed by atoms with E-state index in [2.05, 4.69) is 10.3 Å². The second kappa shape index (κ2) is 3.46. The molecule has 1 fully saturated rings. The average molecular weight is 194 g/mol. The Morgan fingerprint density at radius 2 is 2.36 bits per heavy atom. The van der Waals surface area contributed by atoms with Crippen molar-refractivity contribution in [3.05, 3.63) is 27.7 Å². The van der Waals surface area contributed by atoms with Crippen molar-refractivity contribution in [3.8, 4) is 5.75 Å². The van der Waals surface area contributed by atoms with E-state index in [-0.39, 0.29) is 17.4 Å². The van der Waals surface area contributed by atoms with Crippen molar-refractivity contribution in [2.75, 3.05) is 6.54 Å². The molecule has 1 aliphatic heterocycles. The molecule has 0 aliphatic carbocycles. The quantitative estimate of drug-likeness (QED) is 0.620. The molecule has 1 aromatic rings. The third-order valence-corrected chi connectivity index (χ3v) is 2.59. The van der Waals surface area contributed by atoms with Crippen molar-refractivity contribution in [2.45, 2.75) is 25.8 Å². The number of aromatic nitrogens is 1. The fraction of sp³-hybridized carbons (Fsp3) is 0.500. The Kier molecular flexibility index (Phi) is 2.29. The number of hydrogen-bond donors (Lipinski definition) is 3. The molecule has 2 rings (SSSR count). The van der Waals surface area contributed by atoms with Crippen LogP contribution in [0.3, 0.4) is 0 Å². The van der Waals surface area contributed by atoms with Gasteiger partial charge in [-0.3, -0.25) is 4.79 Å². The highest BCUT2D eigenvalue weighted by atomic mass is 16.3. The number of aromatic amines is 1. The van der Waals surface area contributed by atoms with Gasteiger partial charge in [0.1, 0.15) is 5.75 Å². The lowest BCUT2D eigenvalue weighted by Gasteiger charge is -2.11. The van der Waals surface area contributed by atoms with Crippen LogP contribution in [0.25, 0.3) is 0 Å². The van der Waals surface area contributed by atoms with Gasteiger partial charge < -0.3 is 15.4 Å². The van der Waals surface area contributed by atoms with E-state index >= 15 is 0 Å². The minimum absolute atomic E-state index is 0.0133. The van der Waals surface area contributed by atoms with E-state index in [4.69, 9.17) is 0 Å². The van der Waals surface area contributed by atoms with E-state index in [9.17, 15) is 9.90 Å². The second-order valence-electron chi connectivity index (χ2n) is 3.73. The van der Waals surface area contributed by atoms with E-state index in [1.165, 1.54) is 0 Å². The maximum Gasteiger partial charge on any atom is 0.256 e. The fourth-order valence-corrected chi connectivity index (χ4v) is 1.95. The second-order valence-corrected chi connectivity index (χ2v) is 3.73. The third-order valence-electron chi connectivity index (χ3n) is 2.59. The van der Waals surface area contributed by atoms with Crippen molar-refractivity contribution in [1.29, 1.82) is 0 Å². The summed E-state index contributed by atoms with van der Waals surface area (Å²) < 4.78 is 0. The monoisotopic (exact) mass is 194 g/mol. The number of hydrogen-bond acceptors (Lipinski definition) is 3. The van der Waals surface area contributed by atoms with Crippen LogP contribution in [0.4, 0.5) is 0 Å². The summed E-state index contributed by atoms with van der Waals surface area (Å²) in [4.78, 5) is 14.3. The van der Waals surface area contributed by atoms with Gasteiger partial charge in [-0.2, -0.15) is 0 Å². The number of rotatable bonds is 1. The highest BCUT2D eigenvalue weighted by Gasteiger charge is 2.22. The Labute approximate surface area is 82.0 Å². The highest BCUT2D eigenvalue weighted by Crippen LogP contribution is 2.26. The summed E-state index contributed by atoms with van der Waals surface area (Å²) >= 11 is 0. The first-order chi connectivity index (χ1) is 6.68. The van der Waals surface area contributed by atoms with E-state index in [0.29, 0.717) is 11.3 Å². The first kappa shape index (κ1) is 9.27. The first-order valence-electron chi connectivity index (χ1n) is 4.84. The first-order valence-corrected chi connectivity index (χ1v) is 4.84. The number of H-pyrrole nitrogens is 1. The standard InChI is InChI=1S/C10H14N2O2/c1-6-5-8(13)9(10(14)12-6)7-3-2-4-11-7/h5,7,11H,2-4H2,1H3,(H2,12,13,14)/t7-/m1/s1. The molecule has 76 valence electrons. The zero-order chi connectivity index (χ0) is 10.1. The highest BCUT2D eigenvalue weighted by molar-refractivity contribution is 5.34. The van der Waals surface area contributed by atoms with E-state index in [0.717, 1.165) is 19.4 Å². The molecule has 0 saturated carbocycles. The van der Waals surface area contributed by atoms with Gasteiger partial charge in [-0.1, -0.05) is 0 Å². The molecule has 0 aromatic carbocycles. The molecular weight excluding hydrogens is 180 g/mol. The molecule has 2 heterocycles. The topological polar surface area (TPSA) is 65.1 Å². The summed E-state index contributed by atoms with van der Waals surface area (Å²) in [5, 5.41) is 12.9. The SMILES string of the molecule is Cc1cc(O)c([C@H]2CCCN2)c(=O)[nH]1. The summed E-state index contributed by atoms with van der Waals surface area (Å²) in [6.45, 7) is 2.67. The van der Waals surface area contributed by atoms with Gasteiger partial charge in [0.25, 0.3) is 5.56 Å². The molecule has 4 nitrogen and oxygen atoms in total. The molecule has 14 heavy (non-hydrogen) atoms. The van der Waals surface area contributed by atoms with Gasteiger partial charge in [0.05, 0.1) is 5.56 Å². The smallest absolute Gasteiger partial charge is 0.256 e. The number of nitrogens with one attached hydrogen (secondary N) is 2. The molecule has 0 spiro atoms. The van der Waals surface area contributed by atoms with Crippen LogP contribution in [0.5, 0.6) is 5.75 Å². The fourth-order valence-electron chi connectivity index (χ4n) is 1.95. The Balaban J connectivity index is 2.46. The molecular formula is C10H14N2O2. The normalized spacial score (nSPS) is 21.4. The van der Waals surface area contributed by atoms with Crippen molar-refractivity contribution in [2.24, 2.45) is 0 Å². The molecule has 0 unspecified atom stereocenters. The maximum absolute atomic E-state index is 11.6. The van der Waals surface area contributed by atoms with Crippen LogP contribution in [0.2, 0.25) is 0 Å². The van der Waals surface area contributed by atoms with Gasteiger partial charge in [-0.25, -0.2) is 0 Å². The largest absolute Gasteiger partial charge is 0.507 e. The number of pyridine rings is 1. The lowest BCUT2D eigenvalue weighted by molar-refractivity contribution is 0.453. The maximum atomic E-state index is 11.6. The van der Waals surface area contributed by atoms with E-state index in [1.807, 2.05) is 0 Å². The predicted molar refractivity (Wildman–Crippen MR) is 53.4 cm³/mol. The zero-order valence-electron chi connectivity index (χ0n) is 8.13. The van der Waals surface area contributed by atoms with Crippen LogP contribution in [-0.2, 0) is 0 Å². The van der Waals surface area contributed by atoms with Crippen molar-refractivity contribution in [3.63, 3.8) is 0 Å². The zero-order valence-corrected chi connectivity index (χ0v) is 8.13. The Hall–Kier alpha value is -1.29. The molecule has 3 N–H and O–H groups in total. The van der Waals surface area contributed by atoms with Crippen LogP contribution in [0, 0.1) is 6.92 Å². The Bertz CT molecular complexity index is 392. The van der Waals surface area contributed by atoms with Crippen molar-refractivity contribution < 1.29 is 5.11 Å². The lowest BCUT2D eigenvalue weighted by Crippen LogP contribution is -2.23. The van der Waals surface area contributed by atoms with Gasteiger partial charge >= 0.3 is 0 Å². The Morgan fingerprint density at radius 3 is 2.93 bits per heavy atom. The number of aryl methyl sites for hydroxylation is 1. The van der Waals surface area contributed by atoms with Gasteiger partial charge in [-0.05, 0) is 32.4 Å². The number of aromatic hydroxyl groups is 1. The van der Waals surface area contributed by atoms with Crippen LogP contribution in [0.1, 0.15) is 30.1 Å². The summed E-state index contributed by atoms with van der Waals surface area (Å²) in [6, 6.07) is 1.61. The minimum atomic E-state index is -0.179. The predicted octanol–water partition coefficient (Wildman–Crippen LogP) is 0.813. The molecule has 0 bridgehead atoms. The minimum Gasteiger partial charge on any atom is -0.507 e. The molecule has 0 amide bonds. The van der Waals surface area contributed by atoms with Crippen LogP contribution in [-0.4, -0.2) is 16.6 Å². The summed E-state index contributed by atoms with van der Waals surface area (Å²) in [7, 11) is 0. The molecule has 1 atom stereocenters. The molecule has 4 heteroatoms. The van der Waals surface area contributed by atoms with E-state index in [1.54, 1.807) is 13.0 Å². The van der Waals surface area contributed by atoms with Gasteiger partial charge in [0, 0.05) is 11.7 Å². The summed E-state index contributed by atoms with van der Waals surface area (Å²) in [5.74, 6) is 0.102. The van der Waals surface area contributed by atoms with Crippen LogP contribution in [0.15, 0.2) is 10.9 Å². The third kappa shape index (κ3) is 1.53. The van der Waals surface area contributed by atoms with Crippen LogP contribution >= 0.6 is 0 Å². The summed E-state index contributed by atoms with van der Waals surface area (Å²) in [6.07, 6.45) is 1.97. The van der Waals surface area contributed by atoms with Gasteiger partial charge in [0.2, 0.25) is 0 Å². The molecule has 1 aliphatic rings. The lowest BCUT2D eigenvalue weighted by atomic mass is 10.1. The van der Waals surface area contributed by atoms with Crippen molar-refractivity contribution >= 4 is 0 Å². The average Bonchev–Trinajstić information content (AvgIpc) is 2.54. The molecule has 0 radical (unpaired) electrons. The Morgan fingerprint density at radius 1 is 1.57 bits per heavy atom. The summed E-state index contributed by atoms with van der Waals surface area (Å²) in [5.41, 5.74) is 0.990. The van der Waals surface area contributed by atoms with E-state index < -0.39 is 0 Å². The van der Waals surface area contributed by atoms with Gasteiger partial charge in [0.15, 0.2) is 0 Å². The van der Waals surface area contributed by atoms with Gasteiger partial charge in [-0.15, -0.1) is 0 Å². The molecule has 1 saturated heterocycles.